The summed E-state index contributed by atoms with van der Waals surface area (Å²) in [7, 11) is 3.64. The number of carboxylic acid groups (broad SMARTS) is 2. The van der Waals surface area contributed by atoms with E-state index in [2.05, 4.69) is 27.5 Å². The summed E-state index contributed by atoms with van der Waals surface area (Å²) in [4.78, 5) is 35.5. The summed E-state index contributed by atoms with van der Waals surface area (Å²) in [6, 6.07) is 6.27. The summed E-state index contributed by atoms with van der Waals surface area (Å²) in [5.41, 5.74) is 1.18. The molecule has 1 aliphatic heterocycles. The number of carbonyl (C=O) groups is 3. The number of hydrogen-bond acceptors (Lipinski definition) is 6. The van der Waals surface area contributed by atoms with Crippen molar-refractivity contribution in [3.63, 3.8) is 0 Å². The van der Waals surface area contributed by atoms with E-state index in [-0.39, 0.29) is 11.8 Å². The Labute approximate surface area is 199 Å². The van der Waals surface area contributed by atoms with Crippen LogP contribution in [0.4, 0.5) is 26.3 Å². The van der Waals surface area contributed by atoms with Gasteiger partial charge in [-0.05, 0) is 17.5 Å². The van der Waals surface area contributed by atoms with Gasteiger partial charge in [0.15, 0.2) is 0 Å². The normalized spacial score (nSPS) is 15.9. The van der Waals surface area contributed by atoms with Crippen molar-refractivity contribution in [1.82, 2.24) is 19.6 Å². The molecule has 0 bridgehead atoms. The molecular formula is C19H22F6N4O5S. The van der Waals surface area contributed by atoms with E-state index in [9.17, 15) is 31.1 Å². The monoisotopic (exact) mass is 532 g/mol. The van der Waals surface area contributed by atoms with E-state index in [0.717, 1.165) is 19.6 Å². The van der Waals surface area contributed by atoms with E-state index in [1.54, 1.807) is 16.2 Å². The summed E-state index contributed by atoms with van der Waals surface area (Å²) in [5, 5.41) is 20.7. The van der Waals surface area contributed by atoms with Crippen LogP contribution in [0.3, 0.4) is 0 Å². The zero-order valence-corrected chi connectivity index (χ0v) is 19.2. The quantitative estimate of drug-likeness (QED) is 0.584. The van der Waals surface area contributed by atoms with Crippen LogP contribution in [0.1, 0.15) is 10.6 Å². The number of thiophene rings is 1. The van der Waals surface area contributed by atoms with Crippen molar-refractivity contribution in [3.05, 3.63) is 40.3 Å². The Bertz CT molecular complexity index is 951. The van der Waals surface area contributed by atoms with Crippen LogP contribution in [0.2, 0.25) is 0 Å². The lowest BCUT2D eigenvalue weighted by Gasteiger charge is -2.24. The number of aromatic nitrogens is 2. The number of rotatable bonds is 3. The van der Waals surface area contributed by atoms with Gasteiger partial charge in [-0.25, -0.2) is 9.59 Å². The number of nitrogens with zero attached hydrogens (tertiary/aromatic N) is 4. The molecule has 2 aromatic heterocycles. The number of hydrogen-bond donors (Lipinski definition) is 2. The van der Waals surface area contributed by atoms with E-state index < -0.39 is 24.3 Å². The van der Waals surface area contributed by atoms with Gasteiger partial charge in [0.25, 0.3) is 0 Å². The molecule has 196 valence electrons. The maximum Gasteiger partial charge on any atom is 0.490 e. The highest BCUT2D eigenvalue weighted by atomic mass is 32.1. The van der Waals surface area contributed by atoms with Crippen LogP contribution in [0.15, 0.2) is 29.8 Å². The van der Waals surface area contributed by atoms with E-state index in [4.69, 9.17) is 19.8 Å². The Hall–Kier alpha value is -3.14. The van der Waals surface area contributed by atoms with Gasteiger partial charge in [0.1, 0.15) is 0 Å². The van der Waals surface area contributed by atoms with Gasteiger partial charge in [-0.15, -0.1) is 11.3 Å². The van der Waals surface area contributed by atoms with Crippen LogP contribution < -0.4 is 0 Å². The zero-order chi connectivity index (χ0) is 27.0. The fourth-order valence-corrected chi connectivity index (χ4v) is 3.54. The number of halogens is 6. The molecule has 0 saturated heterocycles. The number of alkyl halides is 6. The topological polar surface area (TPSA) is 116 Å². The van der Waals surface area contributed by atoms with Gasteiger partial charge >= 0.3 is 24.3 Å². The van der Waals surface area contributed by atoms with Gasteiger partial charge < -0.3 is 15.1 Å². The lowest BCUT2D eigenvalue weighted by Crippen LogP contribution is -2.38. The van der Waals surface area contributed by atoms with Crippen LogP contribution >= 0.6 is 11.3 Å². The fourth-order valence-electron chi connectivity index (χ4n) is 2.80. The second-order valence-corrected chi connectivity index (χ2v) is 8.32. The van der Waals surface area contributed by atoms with Gasteiger partial charge in [0.05, 0.1) is 18.2 Å². The molecule has 0 aliphatic carbocycles. The zero-order valence-electron chi connectivity index (χ0n) is 18.4. The molecule has 2 N–H and O–H groups in total. The molecular weight excluding hydrogens is 510 g/mol. The van der Waals surface area contributed by atoms with E-state index in [1.807, 2.05) is 31.0 Å². The van der Waals surface area contributed by atoms with Crippen molar-refractivity contribution in [2.24, 2.45) is 5.92 Å². The van der Waals surface area contributed by atoms with Gasteiger partial charge in [-0.1, -0.05) is 6.07 Å². The first-order valence-corrected chi connectivity index (χ1v) is 10.5. The van der Waals surface area contributed by atoms with Crippen LogP contribution in [-0.2, 0) is 34.0 Å². The molecule has 3 heterocycles. The minimum Gasteiger partial charge on any atom is -0.475 e. The van der Waals surface area contributed by atoms with Crippen molar-refractivity contribution < 1.29 is 50.9 Å². The smallest absolute Gasteiger partial charge is 0.475 e. The minimum atomic E-state index is -5.08. The highest BCUT2D eigenvalue weighted by Gasteiger charge is 2.38. The molecule has 3 rings (SSSR count). The number of aliphatic carboxylic acids is 2. The molecule has 0 fully saturated rings. The molecule has 9 nitrogen and oxygen atoms in total. The first-order chi connectivity index (χ1) is 16.0. The number of amides is 1. The van der Waals surface area contributed by atoms with Crippen molar-refractivity contribution in [2.45, 2.75) is 32.0 Å². The summed E-state index contributed by atoms with van der Waals surface area (Å²) >= 11 is 1.76. The lowest BCUT2D eigenvalue weighted by atomic mass is 10.1. The summed E-state index contributed by atoms with van der Waals surface area (Å²) in [6.45, 7) is 3.17. The van der Waals surface area contributed by atoms with Crippen molar-refractivity contribution >= 4 is 29.2 Å². The first kappa shape index (κ1) is 29.9. The summed E-state index contributed by atoms with van der Waals surface area (Å²) in [5.74, 6) is -5.38. The molecule has 0 saturated carbocycles. The standard InChI is InChI=1S/C15H20N4OS.2C2HF3O2/c1-17(2)15(20)12-8-18(11-14-4-3-7-21-14)10-13-5-6-16-19(13)9-12;2*3-2(4,5)1(6)7/h3-7,12H,8-11H2,1-2H3;2*(H,6,7). The highest BCUT2D eigenvalue weighted by molar-refractivity contribution is 7.09. The fraction of sp³-hybridized carbons (Fsp3) is 0.474. The van der Waals surface area contributed by atoms with Crippen molar-refractivity contribution in [1.29, 1.82) is 0 Å². The van der Waals surface area contributed by atoms with Gasteiger partial charge in [0.2, 0.25) is 5.91 Å². The Balaban J connectivity index is 0.000000362. The van der Waals surface area contributed by atoms with E-state index >= 15 is 0 Å². The average molecular weight is 532 g/mol. The molecule has 1 aliphatic rings. The Morgan fingerprint density at radius 3 is 2.03 bits per heavy atom. The predicted molar refractivity (Wildman–Crippen MR) is 110 cm³/mol. The Morgan fingerprint density at radius 2 is 1.60 bits per heavy atom. The average Bonchev–Trinajstić information content (AvgIpc) is 3.35. The maximum atomic E-state index is 12.4. The minimum absolute atomic E-state index is 0.0406. The summed E-state index contributed by atoms with van der Waals surface area (Å²) in [6.07, 6.45) is -8.35. The van der Waals surface area contributed by atoms with Gasteiger partial charge in [-0.2, -0.15) is 31.4 Å². The third kappa shape index (κ3) is 10.3. The van der Waals surface area contributed by atoms with Gasteiger partial charge in [0, 0.05) is 44.8 Å². The highest BCUT2D eigenvalue weighted by Crippen LogP contribution is 2.21. The van der Waals surface area contributed by atoms with Crippen LogP contribution in [-0.4, -0.2) is 80.6 Å². The SMILES string of the molecule is CN(C)C(=O)C1CN(Cc2cccs2)Cc2ccnn2C1.O=C(O)C(F)(F)F.O=C(O)C(F)(F)F. The molecule has 0 aromatic carbocycles. The predicted octanol–water partition coefficient (Wildman–Crippen LogP) is 2.93. The summed E-state index contributed by atoms with van der Waals surface area (Å²) < 4.78 is 65.4. The molecule has 1 atom stereocenters. The van der Waals surface area contributed by atoms with Crippen LogP contribution in [0.5, 0.6) is 0 Å². The lowest BCUT2D eigenvalue weighted by molar-refractivity contribution is -0.193. The number of carboxylic acids is 2. The van der Waals surface area contributed by atoms with E-state index in [0.29, 0.717) is 6.54 Å². The third-order valence-corrected chi connectivity index (χ3v) is 5.16. The maximum absolute atomic E-state index is 12.4. The molecule has 1 amide bonds. The van der Waals surface area contributed by atoms with Crippen LogP contribution in [0.25, 0.3) is 0 Å². The molecule has 1 unspecified atom stereocenters. The van der Waals surface area contributed by atoms with Crippen LogP contribution in [0, 0.1) is 5.92 Å². The molecule has 2 aromatic rings. The van der Waals surface area contributed by atoms with Crippen molar-refractivity contribution in [3.8, 4) is 0 Å². The second kappa shape index (κ2) is 12.5. The largest absolute Gasteiger partial charge is 0.490 e. The number of fused-ring (bicyclic) bond motifs is 1. The molecule has 35 heavy (non-hydrogen) atoms. The number of carbonyl (C=O) groups excluding carboxylic acids is 1. The van der Waals surface area contributed by atoms with Crippen molar-refractivity contribution in [2.75, 3.05) is 20.6 Å². The second-order valence-electron chi connectivity index (χ2n) is 7.29. The molecule has 16 heteroatoms. The first-order valence-electron chi connectivity index (χ1n) is 9.59. The third-order valence-electron chi connectivity index (χ3n) is 4.30. The molecule has 0 spiro atoms. The Morgan fingerprint density at radius 1 is 1.06 bits per heavy atom. The van der Waals surface area contributed by atoms with E-state index in [1.165, 1.54) is 10.6 Å². The Kier molecular flexibility index (Phi) is 10.7. The molecule has 0 radical (unpaired) electrons. The van der Waals surface area contributed by atoms with Gasteiger partial charge in [-0.3, -0.25) is 14.4 Å².